The molecule has 2 saturated heterocycles. The Kier molecular flexibility index (Phi) is 8.10. The number of ether oxygens (including phenoxy) is 2. The van der Waals surface area contributed by atoms with Gasteiger partial charge in [-0.3, -0.25) is 4.79 Å². The van der Waals surface area contributed by atoms with E-state index in [9.17, 15) is 14.4 Å². The van der Waals surface area contributed by atoms with Crippen LogP contribution in [-0.2, 0) is 19.8 Å². The van der Waals surface area contributed by atoms with E-state index in [2.05, 4.69) is 12.2 Å². The predicted molar refractivity (Wildman–Crippen MR) is 129 cm³/mol. The van der Waals surface area contributed by atoms with Crippen LogP contribution in [0.4, 0.5) is 9.59 Å². The molecule has 0 aromatic heterocycles. The van der Waals surface area contributed by atoms with E-state index in [1.807, 2.05) is 56.0 Å². The molecule has 2 atom stereocenters. The Labute approximate surface area is 202 Å². The first-order valence-corrected chi connectivity index (χ1v) is 12.2. The zero-order valence-electron chi connectivity index (χ0n) is 21.1. The molecule has 3 amide bonds. The minimum absolute atomic E-state index is 0.104. The molecule has 188 valence electrons. The van der Waals surface area contributed by atoms with Crippen molar-refractivity contribution < 1.29 is 23.9 Å². The molecule has 0 saturated carbocycles. The average Bonchev–Trinajstić information content (AvgIpc) is 3.05. The zero-order chi connectivity index (χ0) is 24.9. The Morgan fingerprint density at radius 1 is 1.12 bits per heavy atom. The number of carbonyl (C=O) groups is 3. The quantitative estimate of drug-likeness (QED) is 0.597. The molecule has 2 aliphatic heterocycles. The van der Waals surface area contributed by atoms with Crippen molar-refractivity contribution in [2.24, 2.45) is 5.92 Å². The van der Waals surface area contributed by atoms with E-state index in [1.54, 1.807) is 4.90 Å². The molecule has 0 aliphatic carbocycles. The molecule has 8 heteroatoms. The summed E-state index contributed by atoms with van der Waals surface area (Å²) in [7, 11) is 1.38. The van der Waals surface area contributed by atoms with Gasteiger partial charge in [-0.15, -0.1) is 0 Å². The highest BCUT2D eigenvalue weighted by atomic mass is 16.6. The van der Waals surface area contributed by atoms with Crippen LogP contribution in [0.3, 0.4) is 0 Å². The minimum Gasteiger partial charge on any atom is -0.469 e. The molecule has 0 spiro atoms. The lowest BCUT2D eigenvalue weighted by Crippen LogP contribution is -2.47. The van der Waals surface area contributed by atoms with Crippen molar-refractivity contribution in [3.8, 4) is 0 Å². The van der Waals surface area contributed by atoms with Crippen LogP contribution in [0.15, 0.2) is 30.3 Å². The van der Waals surface area contributed by atoms with Crippen LogP contribution in [0.2, 0.25) is 0 Å². The van der Waals surface area contributed by atoms with E-state index in [-0.39, 0.29) is 30.6 Å². The number of piperidine rings is 1. The van der Waals surface area contributed by atoms with Crippen LogP contribution in [0.5, 0.6) is 0 Å². The number of amides is 3. The van der Waals surface area contributed by atoms with Crippen molar-refractivity contribution in [3.05, 3.63) is 35.9 Å². The third-order valence-electron chi connectivity index (χ3n) is 7.03. The molecule has 2 aliphatic rings. The molecule has 8 nitrogen and oxygen atoms in total. The fourth-order valence-electron chi connectivity index (χ4n) is 4.99. The molecule has 34 heavy (non-hydrogen) atoms. The fourth-order valence-corrected chi connectivity index (χ4v) is 4.99. The molecule has 0 bridgehead atoms. The first-order valence-electron chi connectivity index (χ1n) is 12.2. The number of rotatable bonds is 7. The van der Waals surface area contributed by atoms with E-state index in [1.165, 1.54) is 7.11 Å². The summed E-state index contributed by atoms with van der Waals surface area (Å²) in [6, 6.07) is 9.69. The number of hydrogen-bond donors (Lipinski definition) is 1. The second-order valence-corrected chi connectivity index (χ2v) is 10.5. The van der Waals surface area contributed by atoms with Crippen LogP contribution >= 0.6 is 0 Å². The standard InChI is InChI=1S/C26H39N3O5/c1-25(2,3)34-24(32)28-16-13-19(14-17-28)15-18-29-23(31)27-21(11-12-22(30)33-5)26(29,4)20-9-7-6-8-10-20/h6-10,19,21H,11-18H2,1-5H3,(H,27,31). The molecule has 2 unspecified atom stereocenters. The van der Waals surface area contributed by atoms with Gasteiger partial charge >= 0.3 is 18.1 Å². The van der Waals surface area contributed by atoms with Gasteiger partial charge in [-0.25, -0.2) is 9.59 Å². The Morgan fingerprint density at radius 2 is 1.76 bits per heavy atom. The van der Waals surface area contributed by atoms with Crippen LogP contribution in [0.25, 0.3) is 0 Å². The number of methoxy groups -OCH3 is 1. The van der Waals surface area contributed by atoms with Crippen LogP contribution in [-0.4, -0.2) is 66.3 Å². The number of urea groups is 1. The topological polar surface area (TPSA) is 88.2 Å². The van der Waals surface area contributed by atoms with Gasteiger partial charge in [0.1, 0.15) is 5.60 Å². The van der Waals surface area contributed by atoms with Gasteiger partial charge in [0.2, 0.25) is 0 Å². The molecule has 2 heterocycles. The molecular formula is C26H39N3O5. The lowest BCUT2D eigenvalue weighted by atomic mass is 9.82. The van der Waals surface area contributed by atoms with Gasteiger partial charge in [0, 0.05) is 26.1 Å². The molecule has 1 aromatic carbocycles. The van der Waals surface area contributed by atoms with E-state index < -0.39 is 11.1 Å². The lowest BCUT2D eigenvalue weighted by molar-refractivity contribution is -0.140. The van der Waals surface area contributed by atoms with Crippen LogP contribution in [0, 0.1) is 5.92 Å². The van der Waals surface area contributed by atoms with Gasteiger partial charge in [0.05, 0.1) is 18.7 Å². The molecule has 3 rings (SSSR count). The van der Waals surface area contributed by atoms with E-state index in [0.717, 1.165) is 24.8 Å². The van der Waals surface area contributed by atoms with E-state index in [4.69, 9.17) is 9.47 Å². The van der Waals surface area contributed by atoms with Crippen molar-refractivity contribution in [1.29, 1.82) is 0 Å². The predicted octanol–water partition coefficient (Wildman–Crippen LogP) is 4.29. The maximum Gasteiger partial charge on any atom is 0.410 e. The number of hydrogen-bond acceptors (Lipinski definition) is 5. The number of esters is 1. The monoisotopic (exact) mass is 473 g/mol. The number of carbonyl (C=O) groups excluding carboxylic acids is 3. The summed E-state index contributed by atoms with van der Waals surface area (Å²) in [6.45, 7) is 9.66. The van der Waals surface area contributed by atoms with Crippen molar-refractivity contribution >= 4 is 18.1 Å². The first-order chi connectivity index (χ1) is 16.0. The third kappa shape index (κ3) is 6.02. The summed E-state index contributed by atoms with van der Waals surface area (Å²) in [5.41, 5.74) is -0.0182. The summed E-state index contributed by atoms with van der Waals surface area (Å²) < 4.78 is 10.3. The van der Waals surface area contributed by atoms with Crippen molar-refractivity contribution in [2.45, 2.75) is 77.0 Å². The largest absolute Gasteiger partial charge is 0.469 e. The van der Waals surface area contributed by atoms with Gasteiger partial charge in [0.25, 0.3) is 0 Å². The first kappa shape index (κ1) is 25.8. The van der Waals surface area contributed by atoms with Gasteiger partial charge in [-0.1, -0.05) is 30.3 Å². The van der Waals surface area contributed by atoms with Crippen molar-refractivity contribution in [2.75, 3.05) is 26.7 Å². The summed E-state index contributed by atoms with van der Waals surface area (Å²) in [4.78, 5) is 40.9. The van der Waals surface area contributed by atoms with Crippen molar-refractivity contribution in [1.82, 2.24) is 15.1 Å². The number of benzene rings is 1. The smallest absolute Gasteiger partial charge is 0.410 e. The normalized spacial score (nSPS) is 23.6. The fraction of sp³-hybridized carbons (Fsp3) is 0.654. The average molecular weight is 474 g/mol. The summed E-state index contributed by atoms with van der Waals surface area (Å²) in [6.07, 6.45) is 3.15. The van der Waals surface area contributed by atoms with Crippen LogP contribution < -0.4 is 5.32 Å². The highest BCUT2D eigenvalue weighted by Gasteiger charge is 2.50. The molecule has 0 radical (unpaired) electrons. The molecular weight excluding hydrogens is 434 g/mol. The van der Waals surface area contributed by atoms with E-state index in [0.29, 0.717) is 32.0 Å². The lowest BCUT2D eigenvalue weighted by Gasteiger charge is -2.39. The molecule has 1 N–H and O–H groups in total. The highest BCUT2D eigenvalue weighted by molar-refractivity contribution is 5.79. The number of nitrogens with zero attached hydrogens (tertiary/aromatic N) is 2. The number of nitrogens with one attached hydrogen (secondary N) is 1. The Hall–Kier alpha value is -2.77. The molecule has 1 aromatic rings. The molecule has 2 fully saturated rings. The second-order valence-electron chi connectivity index (χ2n) is 10.5. The minimum atomic E-state index is -0.566. The van der Waals surface area contributed by atoms with E-state index >= 15 is 0 Å². The summed E-state index contributed by atoms with van der Waals surface area (Å²) in [5.74, 6) is 0.153. The van der Waals surface area contributed by atoms with Gasteiger partial charge in [-0.05, 0) is 64.9 Å². The SMILES string of the molecule is COC(=O)CCC1NC(=O)N(CCC2CCN(C(=O)OC(C)(C)C)CC2)C1(C)c1ccccc1. The number of likely N-dealkylation sites (tertiary alicyclic amines) is 1. The third-order valence-corrected chi connectivity index (χ3v) is 7.03. The summed E-state index contributed by atoms with van der Waals surface area (Å²) >= 11 is 0. The Morgan fingerprint density at radius 3 is 2.35 bits per heavy atom. The van der Waals surface area contributed by atoms with Crippen LogP contribution in [0.1, 0.15) is 65.4 Å². The van der Waals surface area contributed by atoms with Gasteiger partial charge in [-0.2, -0.15) is 0 Å². The zero-order valence-corrected chi connectivity index (χ0v) is 21.1. The van der Waals surface area contributed by atoms with Crippen molar-refractivity contribution in [3.63, 3.8) is 0 Å². The van der Waals surface area contributed by atoms with Gasteiger partial charge in [0.15, 0.2) is 0 Å². The maximum atomic E-state index is 13.1. The maximum absolute atomic E-state index is 13.1. The van der Waals surface area contributed by atoms with Gasteiger partial charge < -0.3 is 24.6 Å². The Balaban J connectivity index is 1.64. The summed E-state index contributed by atoms with van der Waals surface area (Å²) in [5, 5.41) is 3.11. The Bertz CT molecular complexity index is 861. The second kappa shape index (κ2) is 10.7. The highest BCUT2D eigenvalue weighted by Crippen LogP contribution is 2.39.